The maximum absolute atomic E-state index is 11.3. The quantitative estimate of drug-likeness (QED) is 0.606. The van der Waals surface area contributed by atoms with Crippen LogP contribution in [0.5, 0.6) is 0 Å². The van der Waals surface area contributed by atoms with E-state index in [1.54, 1.807) is 0 Å². The molecule has 0 unspecified atom stereocenters. The summed E-state index contributed by atoms with van der Waals surface area (Å²) < 4.78 is 17.3. The van der Waals surface area contributed by atoms with E-state index in [-0.39, 0.29) is 11.0 Å². The van der Waals surface area contributed by atoms with Crippen molar-refractivity contribution in [3.63, 3.8) is 0 Å². The van der Waals surface area contributed by atoms with Crippen LogP contribution in [0.2, 0.25) is 6.04 Å². The molecule has 0 atom stereocenters. The molecule has 0 radical (unpaired) electrons. The highest BCUT2D eigenvalue weighted by Crippen LogP contribution is 2.21. The van der Waals surface area contributed by atoms with Gasteiger partial charge in [0.15, 0.2) is 0 Å². The molecule has 0 aromatic carbocycles. The third-order valence-electron chi connectivity index (χ3n) is 3.00. The van der Waals surface area contributed by atoms with Crippen LogP contribution in [0.4, 0.5) is 4.79 Å². The van der Waals surface area contributed by atoms with Crippen molar-refractivity contribution in [1.29, 1.82) is 0 Å². The molecule has 134 valence electrons. The Morgan fingerprint density at radius 1 is 1.05 bits per heavy atom. The molecule has 0 spiro atoms. The molecular weight excluding hydrogens is 318 g/mol. The molecule has 0 saturated carbocycles. The Labute approximate surface area is 140 Å². The predicted octanol–water partition coefficient (Wildman–Crippen LogP) is 1.75. The van der Waals surface area contributed by atoms with Gasteiger partial charge in [-0.2, -0.15) is 0 Å². The average Bonchev–Trinajstić information content (AvgIpc) is 2.33. The lowest BCUT2D eigenvalue weighted by Crippen LogP contribution is -2.48. The predicted molar refractivity (Wildman–Crippen MR) is 95.9 cm³/mol. The third-order valence-corrected chi connectivity index (χ3v) is 6.15. The summed E-state index contributed by atoms with van der Waals surface area (Å²) in [6.45, 7) is 13.5. The fourth-order valence-corrected chi connectivity index (χ4v) is 4.77. The zero-order valence-electron chi connectivity index (χ0n) is 14.3. The van der Waals surface area contributed by atoms with Gasteiger partial charge in [-0.1, -0.05) is 0 Å². The lowest BCUT2D eigenvalue weighted by atomic mass is 10.1. The van der Waals surface area contributed by atoms with Gasteiger partial charge in [0.2, 0.25) is 0 Å². The van der Waals surface area contributed by atoms with E-state index in [4.69, 9.17) is 13.3 Å². The molecule has 0 aliphatic heterocycles. The SMILES string of the molecule is CCO[Si](CCCN(C(=O)O)C(C)(C)C)(OCC)OCC.[SiH4]. The van der Waals surface area contributed by atoms with Crippen LogP contribution in [0, 0.1) is 0 Å². The molecule has 0 saturated heterocycles. The number of hydrogen-bond acceptors (Lipinski definition) is 4. The van der Waals surface area contributed by atoms with Gasteiger partial charge in [0.1, 0.15) is 0 Å². The third kappa shape index (κ3) is 8.28. The van der Waals surface area contributed by atoms with E-state index in [2.05, 4.69) is 0 Å². The lowest BCUT2D eigenvalue weighted by Gasteiger charge is -2.34. The molecule has 1 amide bonds. The van der Waals surface area contributed by atoms with E-state index < -0.39 is 20.4 Å². The Morgan fingerprint density at radius 3 is 1.73 bits per heavy atom. The smallest absolute Gasteiger partial charge is 0.465 e. The zero-order chi connectivity index (χ0) is 16.5. The van der Waals surface area contributed by atoms with Gasteiger partial charge in [-0.25, -0.2) is 4.79 Å². The molecular formula is C14H35NO5Si2. The summed E-state index contributed by atoms with van der Waals surface area (Å²) in [5.74, 6) is 0. The first-order valence-corrected chi connectivity index (χ1v) is 9.58. The first kappa shape index (κ1) is 23.8. The first-order chi connectivity index (χ1) is 9.72. The number of nitrogens with zero attached hydrogens (tertiary/aromatic N) is 1. The van der Waals surface area contributed by atoms with Crippen molar-refractivity contribution in [2.75, 3.05) is 26.4 Å². The van der Waals surface area contributed by atoms with Crippen molar-refractivity contribution >= 4 is 25.9 Å². The van der Waals surface area contributed by atoms with Crippen LogP contribution in [0.3, 0.4) is 0 Å². The molecule has 0 aliphatic carbocycles. The van der Waals surface area contributed by atoms with Gasteiger partial charge in [0, 0.05) is 37.9 Å². The zero-order valence-corrected chi connectivity index (χ0v) is 15.3. The molecule has 8 heteroatoms. The summed E-state index contributed by atoms with van der Waals surface area (Å²) in [5.41, 5.74) is -0.418. The monoisotopic (exact) mass is 353 g/mol. The summed E-state index contributed by atoms with van der Waals surface area (Å²) in [4.78, 5) is 12.8. The largest absolute Gasteiger partial charge is 0.500 e. The fourth-order valence-electron chi connectivity index (χ4n) is 2.17. The first-order valence-electron chi connectivity index (χ1n) is 7.64. The molecule has 0 heterocycles. The van der Waals surface area contributed by atoms with Gasteiger partial charge in [-0.15, -0.1) is 0 Å². The number of rotatable bonds is 10. The van der Waals surface area contributed by atoms with Gasteiger partial charge < -0.3 is 23.3 Å². The minimum absolute atomic E-state index is 0. The van der Waals surface area contributed by atoms with Gasteiger partial charge in [0.05, 0.1) is 0 Å². The van der Waals surface area contributed by atoms with Crippen LogP contribution in [0.25, 0.3) is 0 Å². The molecule has 6 nitrogen and oxygen atoms in total. The number of amides is 1. The van der Waals surface area contributed by atoms with Gasteiger partial charge in [-0.05, 0) is 58.9 Å². The second kappa shape index (κ2) is 11.2. The second-order valence-corrected chi connectivity index (χ2v) is 8.42. The molecule has 0 rings (SSSR count). The maximum atomic E-state index is 11.3. The molecule has 22 heavy (non-hydrogen) atoms. The Hall–Kier alpha value is -0.416. The average molecular weight is 354 g/mol. The van der Waals surface area contributed by atoms with Crippen LogP contribution >= 0.6 is 0 Å². The Bertz CT molecular complexity index is 293. The van der Waals surface area contributed by atoms with E-state index in [1.165, 1.54) is 4.90 Å². The summed E-state index contributed by atoms with van der Waals surface area (Å²) >= 11 is 0. The molecule has 0 bridgehead atoms. The van der Waals surface area contributed by atoms with Gasteiger partial charge in [0.25, 0.3) is 0 Å². The topological polar surface area (TPSA) is 68.2 Å². The van der Waals surface area contributed by atoms with Crippen LogP contribution in [0.15, 0.2) is 0 Å². The number of carbonyl (C=O) groups is 1. The van der Waals surface area contributed by atoms with Crippen molar-refractivity contribution in [3.05, 3.63) is 0 Å². The van der Waals surface area contributed by atoms with Crippen molar-refractivity contribution in [2.24, 2.45) is 0 Å². The molecule has 0 aromatic rings. The van der Waals surface area contributed by atoms with Crippen LogP contribution < -0.4 is 0 Å². The molecule has 1 N–H and O–H groups in total. The maximum Gasteiger partial charge on any atom is 0.500 e. The number of carboxylic acid groups (broad SMARTS) is 1. The van der Waals surface area contributed by atoms with Crippen molar-refractivity contribution in [3.8, 4) is 0 Å². The van der Waals surface area contributed by atoms with Crippen molar-refractivity contribution in [2.45, 2.75) is 59.5 Å². The highest BCUT2D eigenvalue weighted by molar-refractivity contribution is 6.60. The molecule has 0 aromatic heterocycles. The minimum Gasteiger partial charge on any atom is -0.465 e. The van der Waals surface area contributed by atoms with Gasteiger partial charge in [-0.3, -0.25) is 0 Å². The van der Waals surface area contributed by atoms with Crippen molar-refractivity contribution in [1.82, 2.24) is 4.90 Å². The Morgan fingerprint density at radius 2 is 1.45 bits per heavy atom. The van der Waals surface area contributed by atoms with Crippen LogP contribution in [-0.2, 0) is 13.3 Å². The number of hydrogen-bond donors (Lipinski definition) is 1. The normalized spacial score (nSPS) is 11.9. The second-order valence-electron chi connectivity index (χ2n) is 5.69. The summed E-state index contributed by atoms with van der Waals surface area (Å²) in [5, 5.41) is 9.29. The van der Waals surface area contributed by atoms with E-state index in [0.29, 0.717) is 38.8 Å². The van der Waals surface area contributed by atoms with E-state index >= 15 is 0 Å². The van der Waals surface area contributed by atoms with Crippen molar-refractivity contribution < 1.29 is 23.2 Å². The standard InChI is InChI=1S/C14H31NO5Si.H4Si/c1-7-18-21(19-8-2,20-9-3)12-10-11-15(13(16)17)14(4,5)6;/h7-12H2,1-6H3,(H,16,17);1H4. The van der Waals surface area contributed by atoms with Gasteiger partial charge >= 0.3 is 14.9 Å². The highest BCUT2D eigenvalue weighted by Gasteiger charge is 2.40. The van der Waals surface area contributed by atoms with E-state index in [9.17, 15) is 9.90 Å². The summed E-state index contributed by atoms with van der Waals surface area (Å²) in [7, 11) is -2.68. The summed E-state index contributed by atoms with van der Waals surface area (Å²) in [6.07, 6.45) is -0.241. The summed E-state index contributed by atoms with van der Waals surface area (Å²) in [6, 6.07) is 0.627. The minimum atomic E-state index is -2.68. The van der Waals surface area contributed by atoms with Crippen LogP contribution in [0.1, 0.15) is 48.0 Å². The Balaban J connectivity index is 0. The van der Waals surface area contributed by atoms with E-state index in [1.807, 2.05) is 41.5 Å². The van der Waals surface area contributed by atoms with E-state index in [0.717, 1.165) is 0 Å². The Kier molecular flexibility index (Phi) is 12.1. The highest BCUT2D eigenvalue weighted by atomic mass is 28.4. The fraction of sp³-hybridized carbons (Fsp3) is 0.929. The molecule has 0 fully saturated rings. The molecule has 0 aliphatic rings. The lowest BCUT2D eigenvalue weighted by molar-refractivity contribution is 0.0667. The van der Waals surface area contributed by atoms with Crippen LogP contribution in [-0.4, -0.2) is 67.8 Å².